The Morgan fingerprint density at radius 1 is 1.12 bits per heavy atom. The number of rotatable bonds is 4. The largest absolute Gasteiger partial charge is 0.469 e. The van der Waals surface area contributed by atoms with Crippen LogP contribution < -0.4 is 5.73 Å². The van der Waals surface area contributed by atoms with Crippen LogP contribution in [0.5, 0.6) is 0 Å². The Bertz CT molecular complexity index is 803. The van der Waals surface area contributed by atoms with Crippen LogP contribution in [0.3, 0.4) is 0 Å². The molecule has 188 valence electrons. The van der Waals surface area contributed by atoms with E-state index in [1.54, 1.807) is 6.08 Å². The molecule has 2 saturated carbocycles. The fourth-order valence-corrected chi connectivity index (χ4v) is 6.74. The van der Waals surface area contributed by atoms with Crippen LogP contribution in [0.1, 0.15) is 57.8 Å². The number of allylic oxidation sites excluding steroid dienone is 1. The topological polar surface area (TPSA) is 175 Å². The van der Waals surface area contributed by atoms with E-state index in [1.807, 2.05) is 6.08 Å². The lowest BCUT2D eigenvalue weighted by molar-refractivity contribution is -0.0722. The van der Waals surface area contributed by atoms with Gasteiger partial charge in [0.2, 0.25) is 0 Å². The summed E-state index contributed by atoms with van der Waals surface area (Å²) in [6.07, 6.45) is 6.53. The Hall–Kier alpha value is -0.840. The maximum absolute atomic E-state index is 11.3. The number of nitrogens with zero attached hydrogens (tertiary/aromatic N) is 1. The summed E-state index contributed by atoms with van der Waals surface area (Å²) in [7, 11) is -4.74. The molecule has 11 heteroatoms. The molecule has 10 nitrogen and oxygen atoms in total. The summed E-state index contributed by atoms with van der Waals surface area (Å²) < 4.78 is 21.7. The molecule has 0 aromatic rings. The van der Waals surface area contributed by atoms with Crippen LogP contribution in [-0.2, 0) is 13.8 Å². The van der Waals surface area contributed by atoms with Gasteiger partial charge in [0.05, 0.1) is 24.4 Å². The highest BCUT2D eigenvalue weighted by atomic mass is 31.2. The van der Waals surface area contributed by atoms with Gasteiger partial charge in [-0.15, -0.1) is 0 Å². The summed E-state index contributed by atoms with van der Waals surface area (Å²) in [6, 6.07) is 0. The maximum Gasteiger partial charge on any atom is 0.469 e. The fourth-order valence-electron chi connectivity index (χ4n) is 6.39. The van der Waals surface area contributed by atoms with Gasteiger partial charge in [0, 0.05) is 0 Å². The number of hydrogen-bond acceptors (Lipinski definition) is 8. The molecule has 3 fully saturated rings. The van der Waals surface area contributed by atoms with Crippen molar-refractivity contribution in [3.05, 3.63) is 12.2 Å². The number of aliphatic imine (C=N–C) groups is 1. The Morgan fingerprint density at radius 3 is 2.64 bits per heavy atom. The normalized spacial score (nSPS) is 47.1. The lowest BCUT2D eigenvalue weighted by Crippen LogP contribution is -2.49. The quantitative estimate of drug-likeness (QED) is 0.315. The van der Waals surface area contributed by atoms with Crippen molar-refractivity contribution in [3.8, 4) is 0 Å². The molecule has 5 aliphatic rings. The standard InChI is InChI=1S/C22H37N2O8P/c23-18-7-6-14-13-5-3-1-2-4-9-22(24-18,17(25)11-13)10-8-15(14)21-20(27)19(26)16(32-21)12-31-33(28,29)30/h6-7,13-17,19-21,25-27H,1-5,8-12H2,(H2,23,24)(H2,28,29,30)/b7-6-. The second-order valence-electron chi connectivity index (χ2n) is 10.2. The molecule has 33 heavy (non-hydrogen) atoms. The van der Waals surface area contributed by atoms with Gasteiger partial charge in [0.1, 0.15) is 24.1 Å². The van der Waals surface area contributed by atoms with Crippen LogP contribution in [0.2, 0.25) is 0 Å². The van der Waals surface area contributed by atoms with Crippen molar-refractivity contribution in [1.82, 2.24) is 0 Å². The summed E-state index contributed by atoms with van der Waals surface area (Å²) in [5.74, 6) is 0.291. The highest BCUT2D eigenvalue weighted by Gasteiger charge is 2.52. The third-order valence-corrected chi connectivity index (χ3v) is 8.58. The molecular formula is C22H37N2O8P. The Balaban J connectivity index is 1.66. The van der Waals surface area contributed by atoms with Crippen molar-refractivity contribution < 1.29 is 38.9 Å². The van der Waals surface area contributed by atoms with Crippen LogP contribution in [0, 0.1) is 17.8 Å². The monoisotopic (exact) mass is 488 g/mol. The van der Waals surface area contributed by atoms with E-state index in [0.717, 1.165) is 38.5 Å². The lowest BCUT2D eigenvalue weighted by Gasteiger charge is -2.45. The van der Waals surface area contributed by atoms with Crippen molar-refractivity contribution in [2.24, 2.45) is 28.5 Å². The van der Waals surface area contributed by atoms with Gasteiger partial charge in [-0.2, -0.15) is 0 Å². The van der Waals surface area contributed by atoms with Crippen molar-refractivity contribution in [2.75, 3.05) is 6.61 Å². The predicted octanol–water partition coefficient (Wildman–Crippen LogP) is 0.998. The number of hydrogen-bond donors (Lipinski definition) is 6. The number of aliphatic hydroxyl groups excluding tert-OH is 3. The average molecular weight is 489 g/mol. The molecule has 7 N–H and O–H groups in total. The van der Waals surface area contributed by atoms with E-state index < -0.39 is 50.5 Å². The molecule has 1 spiro atoms. The highest BCUT2D eigenvalue weighted by molar-refractivity contribution is 7.46. The zero-order chi connectivity index (χ0) is 23.8. The Morgan fingerprint density at radius 2 is 1.88 bits per heavy atom. The van der Waals surface area contributed by atoms with Gasteiger partial charge in [-0.1, -0.05) is 31.8 Å². The molecule has 9 unspecified atom stereocenters. The number of phosphoric ester groups is 1. The smallest absolute Gasteiger partial charge is 0.391 e. The predicted molar refractivity (Wildman–Crippen MR) is 120 cm³/mol. The minimum absolute atomic E-state index is 0.0581. The minimum atomic E-state index is -4.74. The van der Waals surface area contributed by atoms with Gasteiger partial charge < -0.3 is 35.6 Å². The van der Waals surface area contributed by atoms with E-state index in [1.165, 1.54) is 0 Å². The van der Waals surface area contributed by atoms with Gasteiger partial charge in [0.15, 0.2) is 0 Å². The lowest BCUT2D eigenvalue weighted by atomic mass is 9.65. The SMILES string of the molecule is NC1=N\C23CCCCCCC(CC2O)C(/C=C\1)C(C1OC(COP(=O)(O)O)C(O)C1O)CC3. The second-order valence-corrected chi connectivity index (χ2v) is 11.4. The molecule has 3 bridgehead atoms. The van der Waals surface area contributed by atoms with Gasteiger partial charge in [0.25, 0.3) is 0 Å². The fraction of sp³-hybridized carbons (Fsp3) is 0.864. The van der Waals surface area contributed by atoms with E-state index >= 15 is 0 Å². The number of aliphatic hydroxyl groups is 3. The molecule has 3 heterocycles. The van der Waals surface area contributed by atoms with Crippen LogP contribution in [0.4, 0.5) is 0 Å². The van der Waals surface area contributed by atoms with E-state index in [0.29, 0.717) is 25.1 Å². The van der Waals surface area contributed by atoms with Gasteiger partial charge in [-0.05, 0) is 55.9 Å². The summed E-state index contributed by atoms with van der Waals surface area (Å²) in [6.45, 7) is -0.519. The summed E-state index contributed by atoms with van der Waals surface area (Å²) >= 11 is 0. The van der Waals surface area contributed by atoms with Crippen LogP contribution in [0.25, 0.3) is 0 Å². The number of nitrogens with two attached hydrogens (primary N) is 1. The average Bonchev–Trinajstić information content (AvgIpc) is 3.07. The molecule has 0 aromatic carbocycles. The van der Waals surface area contributed by atoms with Crippen LogP contribution in [0.15, 0.2) is 17.1 Å². The van der Waals surface area contributed by atoms with E-state index in [4.69, 9.17) is 25.2 Å². The van der Waals surface area contributed by atoms with E-state index in [-0.39, 0.29) is 17.8 Å². The molecule has 1 saturated heterocycles. The summed E-state index contributed by atoms with van der Waals surface area (Å²) in [4.78, 5) is 22.9. The highest BCUT2D eigenvalue weighted by Crippen LogP contribution is 2.48. The van der Waals surface area contributed by atoms with Crippen molar-refractivity contribution in [2.45, 2.75) is 93.8 Å². The van der Waals surface area contributed by atoms with Crippen LogP contribution >= 0.6 is 7.82 Å². The van der Waals surface area contributed by atoms with Crippen molar-refractivity contribution >= 4 is 13.7 Å². The first-order valence-electron chi connectivity index (χ1n) is 12.0. The molecule has 3 aliphatic heterocycles. The first-order valence-corrected chi connectivity index (χ1v) is 13.6. The molecule has 0 amide bonds. The zero-order valence-corrected chi connectivity index (χ0v) is 19.7. The van der Waals surface area contributed by atoms with Crippen molar-refractivity contribution in [1.29, 1.82) is 0 Å². The summed E-state index contributed by atoms with van der Waals surface area (Å²) in [5, 5.41) is 32.7. The van der Waals surface area contributed by atoms with Gasteiger partial charge >= 0.3 is 7.82 Å². The maximum atomic E-state index is 11.3. The third kappa shape index (κ3) is 5.54. The second kappa shape index (κ2) is 10.0. The Kier molecular flexibility index (Phi) is 7.68. The Labute approximate surface area is 194 Å². The molecular weight excluding hydrogens is 451 g/mol. The molecule has 2 aliphatic carbocycles. The van der Waals surface area contributed by atoms with Gasteiger partial charge in [-0.25, -0.2) is 4.57 Å². The van der Waals surface area contributed by atoms with Gasteiger partial charge in [-0.3, -0.25) is 9.52 Å². The number of phosphoric acid groups is 1. The molecule has 0 aromatic heterocycles. The first kappa shape index (κ1) is 25.3. The number of amidine groups is 1. The van der Waals surface area contributed by atoms with Crippen molar-refractivity contribution in [3.63, 3.8) is 0 Å². The third-order valence-electron chi connectivity index (χ3n) is 8.10. The van der Waals surface area contributed by atoms with E-state index in [2.05, 4.69) is 4.52 Å². The minimum Gasteiger partial charge on any atom is -0.391 e. The number of fused-ring (bicyclic) bond motifs is 3. The number of ether oxygens (including phenoxy) is 1. The van der Waals surface area contributed by atoms with Crippen LogP contribution in [-0.4, -0.2) is 73.6 Å². The van der Waals surface area contributed by atoms with E-state index in [9.17, 15) is 19.9 Å². The molecule has 5 rings (SSSR count). The molecule has 0 radical (unpaired) electrons. The first-order chi connectivity index (χ1) is 15.6. The zero-order valence-electron chi connectivity index (χ0n) is 18.8. The summed E-state index contributed by atoms with van der Waals surface area (Å²) in [5.41, 5.74) is 5.55. The molecule has 9 atom stereocenters.